The fraction of sp³-hybridized carbons (Fsp3) is 0.385. The molecule has 0 aliphatic heterocycles. The number of nitrogens with zero attached hydrogens (tertiary/aromatic N) is 2. The first-order valence-electron chi connectivity index (χ1n) is 11.6. The molecule has 1 aromatic heterocycles. The number of benzene rings is 2. The normalized spacial score (nSPS) is 11.5. The Hall–Kier alpha value is -3.29. The summed E-state index contributed by atoms with van der Waals surface area (Å²) in [5.41, 5.74) is 1.41. The number of alkyl halides is 3. The van der Waals surface area contributed by atoms with Crippen molar-refractivity contribution < 1.29 is 17.9 Å². The van der Waals surface area contributed by atoms with Crippen LogP contribution in [-0.2, 0) is 12.6 Å². The lowest BCUT2D eigenvalue weighted by molar-refractivity contribution is -0.137. The molecular formula is C26H31F3N4O. The molecule has 2 aromatic carbocycles. The van der Waals surface area contributed by atoms with Gasteiger partial charge in [0.25, 0.3) is 0 Å². The molecule has 2 N–H and O–H groups in total. The van der Waals surface area contributed by atoms with Crippen LogP contribution in [0.15, 0.2) is 54.7 Å². The van der Waals surface area contributed by atoms with Crippen LogP contribution in [0, 0.1) is 0 Å². The van der Waals surface area contributed by atoms with Crippen LogP contribution in [0.1, 0.15) is 57.6 Å². The van der Waals surface area contributed by atoms with Gasteiger partial charge in [0.05, 0.1) is 6.10 Å². The van der Waals surface area contributed by atoms with Gasteiger partial charge in [0.1, 0.15) is 17.1 Å². The number of aromatic nitrogens is 2. The molecule has 0 fully saturated rings. The lowest BCUT2D eigenvalue weighted by atomic mass is 10.1. The van der Waals surface area contributed by atoms with Gasteiger partial charge in [-0.05, 0) is 56.5 Å². The van der Waals surface area contributed by atoms with Crippen molar-refractivity contribution in [3.63, 3.8) is 0 Å². The van der Waals surface area contributed by atoms with Crippen LogP contribution in [0.2, 0.25) is 0 Å². The molecule has 182 valence electrons. The van der Waals surface area contributed by atoms with E-state index in [1.807, 2.05) is 38.1 Å². The summed E-state index contributed by atoms with van der Waals surface area (Å²) in [6.45, 7) is 5.94. The summed E-state index contributed by atoms with van der Waals surface area (Å²) in [7, 11) is 0. The quantitative estimate of drug-likeness (QED) is 0.278. The van der Waals surface area contributed by atoms with Gasteiger partial charge in [-0.2, -0.15) is 18.2 Å². The van der Waals surface area contributed by atoms with Gasteiger partial charge in [-0.3, -0.25) is 0 Å². The maximum atomic E-state index is 13.6. The summed E-state index contributed by atoms with van der Waals surface area (Å²) in [5, 5.41) is 5.77. The van der Waals surface area contributed by atoms with Crippen LogP contribution in [0.5, 0.6) is 5.75 Å². The summed E-state index contributed by atoms with van der Waals surface area (Å²) < 4.78 is 46.4. The smallest absolute Gasteiger partial charge is 0.421 e. The van der Waals surface area contributed by atoms with Crippen molar-refractivity contribution in [3.8, 4) is 5.75 Å². The monoisotopic (exact) mass is 472 g/mol. The number of hydrogen-bond donors (Lipinski definition) is 2. The number of rotatable bonds is 11. The van der Waals surface area contributed by atoms with E-state index in [0.717, 1.165) is 19.0 Å². The number of nitrogens with one attached hydrogen (secondary N) is 2. The molecule has 0 aliphatic carbocycles. The first kappa shape index (κ1) is 25.3. The number of hydrogen-bond acceptors (Lipinski definition) is 5. The van der Waals surface area contributed by atoms with E-state index in [9.17, 15) is 13.2 Å². The molecule has 34 heavy (non-hydrogen) atoms. The number of aryl methyl sites for hydroxylation is 1. The van der Waals surface area contributed by atoms with Gasteiger partial charge >= 0.3 is 6.18 Å². The summed E-state index contributed by atoms with van der Waals surface area (Å²) >= 11 is 0. The van der Waals surface area contributed by atoms with E-state index >= 15 is 0 Å². The Labute approximate surface area is 198 Å². The molecule has 5 nitrogen and oxygen atoms in total. The predicted octanol–water partition coefficient (Wildman–Crippen LogP) is 7.89. The molecule has 0 bridgehead atoms. The van der Waals surface area contributed by atoms with Crippen molar-refractivity contribution in [1.82, 2.24) is 9.97 Å². The van der Waals surface area contributed by atoms with Gasteiger partial charge in [-0.15, -0.1) is 0 Å². The lowest BCUT2D eigenvalue weighted by Gasteiger charge is -2.16. The second-order valence-corrected chi connectivity index (χ2v) is 8.41. The topological polar surface area (TPSA) is 59.1 Å². The summed E-state index contributed by atoms with van der Waals surface area (Å²) in [6.07, 6.45) is 1.91. The minimum Gasteiger partial charge on any atom is -0.491 e. The maximum absolute atomic E-state index is 13.6. The molecule has 3 aromatic rings. The maximum Gasteiger partial charge on any atom is 0.421 e. The highest BCUT2D eigenvalue weighted by atomic mass is 19.4. The lowest BCUT2D eigenvalue weighted by Crippen LogP contribution is -2.12. The van der Waals surface area contributed by atoms with Crippen LogP contribution < -0.4 is 15.4 Å². The molecule has 0 atom stereocenters. The summed E-state index contributed by atoms with van der Waals surface area (Å²) in [6, 6.07) is 14.5. The third kappa shape index (κ3) is 7.64. The number of halogens is 3. The first-order valence-corrected chi connectivity index (χ1v) is 11.6. The van der Waals surface area contributed by atoms with Crippen LogP contribution in [-0.4, -0.2) is 16.1 Å². The molecule has 0 saturated heterocycles. The van der Waals surface area contributed by atoms with Gasteiger partial charge in [-0.25, -0.2) is 4.98 Å². The van der Waals surface area contributed by atoms with Crippen molar-refractivity contribution in [3.05, 3.63) is 65.9 Å². The molecule has 0 amide bonds. The fourth-order valence-corrected chi connectivity index (χ4v) is 3.44. The van der Waals surface area contributed by atoms with E-state index in [-0.39, 0.29) is 17.9 Å². The molecule has 3 rings (SSSR count). The molecule has 0 saturated carbocycles. The Morgan fingerprint density at radius 3 is 2.38 bits per heavy atom. The van der Waals surface area contributed by atoms with Crippen LogP contribution in [0.25, 0.3) is 0 Å². The van der Waals surface area contributed by atoms with Crippen molar-refractivity contribution in [2.75, 3.05) is 10.6 Å². The molecule has 0 radical (unpaired) electrons. The predicted molar refractivity (Wildman–Crippen MR) is 130 cm³/mol. The zero-order chi connectivity index (χ0) is 24.6. The third-order valence-corrected chi connectivity index (χ3v) is 5.09. The molecule has 0 unspecified atom stereocenters. The molecular weight excluding hydrogens is 441 g/mol. The van der Waals surface area contributed by atoms with E-state index in [1.165, 1.54) is 24.8 Å². The molecule has 0 spiro atoms. The third-order valence-electron chi connectivity index (χ3n) is 5.09. The van der Waals surface area contributed by atoms with E-state index < -0.39 is 11.7 Å². The van der Waals surface area contributed by atoms with Gasteiger partial charge < -0.3 is 15.4 Å². The highest BCUT2D eigenvalue weighted by Gasteiger charge is 2.35. The number of anilines is 4. The molecule has 0 aliphatic rings. The number of unbranched alkanes of at least 4 members (excludes halogenated alkanes) is 3. The minimum absolute atomic E-state index is 0.0569. The van der Waals surface area contributed by atoms with E-state index in [1.54, 1.807) is 24.3 Å². The van der Waals surface area contributed by atoms with Gasteiger partial charge in [0, 0.05) is 23.6 Å². The number of ether oxygens (including phenoxy) is 1. The zero-order valence-electron chi connectivity index (χ0n) is 19.7. The molecule has 8 heteroatoms. The minimum atomic E-state index is -4.60. The van der Waals surface area contributed by atoms with Gasteiger partial charge in [0.15, 0.2) is 0 Å². The zero-order valence-corrected chi connectivity index (χ0v) is 19.7. The van der Waals surface area contributed by atoms with E-state index in [4.69, 9.17) is 4.74 Å². The highest BCUT2D eigenvalue weighted by Crippen LogP contribution is 2.35. The van der Waals surface area contributed by atoms with E-state index in [2.05, 4.69) is 27.5 Å². The fourth-order valence-electron chi connectivity index (χ4n) is 3.44. The SMILES string of the molecule is CCCCCCc1ccc(Nc2ncc(C(F)(F)F)c(Nc3cccc(OC(C)C)c3)n2)cc1. The van der Waals surface area contributed by atoms with Crippen molar-refractivity contribution in [1.29, 1.82) is 0 Å². The Morgan fingerprint density at radius 2 is 1.71 bits per heavy atom. The first-order chi connectivity index (χ1) is 16.2. The van der Waals surface area contributed by atoms with Crippen LogP contribution >= 0.6 is 0 Å². The van der Waals surface area contributed by atoms with Crippen molar-refractivity contribution >= 4 is 23.1 Å². The summed E-state index contributed by atoms with van der Waals surface area (Å²) in [4.78, 5) is 8.00. The Kier molecular flexibility index (Phi) is 8.73. The largest absolute Gasteiger partial charge is 0.491 e. The standard InChI is InChI=1S/C26H31F3N4O/c1-4-5-6-7-9-19-12-14-20(15-13-19)32-25-30-17-23(26(27,28)29)24(33-25)31-21-10-8-11-22(16-21)34-18(2)3/h8,10-18H,4-7,9H2,1-3H3,(H2,30,31,32,33). The average Bonchev–Trinajstić information content (AvgIpc) is 2.77. The van der Waals surface area contributed by atoms with Crippen LogP contribution in [0.3, 0.4) is 0 Å². The Bertz CT molecular complexity index is 1050. The Balaban J connectivity index is 1.77. The highest BCUT2D eigenvalue weighted by molar-refractivity contribution is 5.64. The Morgan fingerprint density at radius 1 is 0.941 bits per heavy atom. The van der Waals surface area contributed by atoms with Crippen molar-refractivity contribution in [2.24, 2.45) is 0 Å². The second kappa shape index (κ2) is 11.7. The summed E-state index contributed by atoms with van der Waals surface area (Å²) in [5.74, 6) is 0.288. The van der Waals surface area contributed by atoms with Gasteiger partial charge in [-0.1, -0.05) is 44.4 Å². The van der Waals surface area contributed by atoms with Crippen LogP contribution in [0.4, 0.5) is 36.3 Å². The van der Waals surface area contributed by atoms with Crippen molar-refractivity contribution in [2.45, 2.75) is 65.2 Å². The average molecular weight is 473 g/mol. The van der Waals surface area contributed by atoms with E-state index in [0.29, 0.717) is 17.1 Å². The molecule has 1 heterocycles. The van der Waals surface area contributed by atoms with Gasteiger partial charge in [0.2, 0.25) is 5.95 Å². The second-order valence-electron chi connectivity index (χ2n) is 8.41.